The van der Waals surface area contributed by atoms with Gasteiger partial charge in [0.25, 0.3) is 0 Å². The minimum atomic E-state index is 0.374. The van der Waals surface area contributed by atoms with Gasteiger partial charge in [-0.3, -0.25) is 0 Å². The third-order valence-corrected chi connectivity index (χ3v) is 4.52. The number of hydrogen-bond acceptors (Lipinski definition) is 2. The molecule has 2 heteroatoms. The second-order valence-corrected chi connectivity index (χ2v) is 6.14. The molecular weight excluding hydrogens is 174 g/mol. The second kappa shape index (κ2) is 2.96. The first kappa shape index (κ1) is 10.4. The van der Waals surface area contributed by atoms with Gasteiger partial charge < -0.3 is 10.1 Å². The molecule has 0 spiro atoms. The molecule has 0 aromatic carbocycles. The molecule has 1 saturated carbocycles. The Bertz CT molecular complexity index is 221. The van der Waals surface area contributed by atoms with Crippen molar-refractivity contribution in [1.29, 1.82) is 0 Å². The first-order valence-electron chi connectivity index (χ1n) is 5.70. The van der Waals surface area contributed by atoms with Gasteiger partial charge >= 0.3 is 0 Å². The summed E-state index contributed by atoms with van der Waals surface area (Å²) in [6.07, 6.45) is 2.77. The van der Waals surface area contributed by atoms with E-state index in [1.807, 2.05) is 0 Å². The lowest BCUT2D eigenvalue weighted by atomic mass is 9.56. The van der Waals surface area contributed by atoms with Crippen molar-refractivity contribution in [2.75, 3.05) is 26.8 Å². The summed E-state index contributed by atoms with van der Waals surface area (Å²) in [6, 6.07) is 0. The highest BCUT2D eigenvalue weighted by Crippen LogP contribution is 2.67. The topological polar surface area (TPSA) is 21.3 Å². The molecule has 1 aliphatic carbocycles. The Morgan fingerprint density at radius 2 is 1.79 bits per heavy atom. The molecule has 1 heterocycles. The van der Waals surface area contributed by atoms with E-state index in [-0.39, 0.29) is 0 Å². The smallest absolute Gasteiger partial charge is 0.0555 e. The van der Waals surface area contributed by atoms with Crippen LogP contribution in [0.2, 0.25) is 0 Å². The predicted molar refractivity (Wildman–Crippen MR) is 58.3 cm³/mol. The summed E-state index contributed by atoms with van der Waals surface area (Å²) in [6.45, 7) is 10.2. The normalized spacial score (nSPS) is 28.3. The molecular formula is C12H23NO. The molecule has 14 heavy (non-hydrogen) atoms. The summed E-state index contributed by atoms with van der Waals surface area (Å²) < 4.78 is 5.51. The van der Waals surface area contributed by atoms with Crippen molar-refractivity contribution in [3.63, 3.8) is 0 Å². The largest absolute Gasteiger partial charge is 0.380 e. The fourth-order valence-corrected chi connectivity index (χ4v) is 3.15. The Labute approximate surface area is 87.4 Å². The molecule has 2 aliphatic rings. The van der Waals surface area contributed by atoms with E-state index in [0.29, 0.717) is 16.2 Å². The van der Waals surface area contributed by atoms with Crippen molar-refractivity contribution in [2.24, 2.45) is 16.2 Å². The molecule has 0 atom stereocenters. The Kier molecular flexibility index (Phi) is 2.20. The van der Waals surface area contributed by atoms with Gasteiger partial charge in [0.2, 0.25) is 0 Å². The van der Waals surface area contributed by atoms with Crippen LogP contribution in [0.1, 0.15) is 33.6 Å². The van der Waals surface area contributed by atoms with Gasteiger partial charge in [-0.25, -0.2) is 0 Å². The van der Waals surface area contributed by atoms with Gasteiger partial charge in [-0.05, 0) is 30.7 Å². The lowest BCUT2D eigenvalue weighted by molar-refractivity contribution is -0.210. The van der Waals surface area contributed by atoms with Crippen molar-refractivity contribution < 1.29 is 4.74 Å². The van der Waals surface area contributed by atoms with Crippen molar-refractivity contribution in [3.8, 4) is 0 Å². The highest BCUT2D eigenvalue weighted by Gasteiger charge is 2.66. The molecule has 0 bridgehead atoms. The van der Waals surface area contributed by atoms with Crippen LogP contribution in [0.3, 0.4) is 0 Å². The van der Waals surface area contributed by atoms with Gasteiger partial charge in [0.15, 0.2) is 0 Å². The van der Waals surface area contributed by atoms with E-state index in [1.165, 1.54) is 12.8 Å². The van der Waals surface area contributed by atoms with E-state index in [0.717, 1.165) is 19.8 Å². The van der Waals surface area contributed by atoms with Crippen molar-refractivity contribution >= 4 is 0 Å². The van der Waals surface area contributed by atoms with Crippen LogP contribution in [0.15, 0.2) is 0 Å². The van der Waals surface area contributed by atoms with Crippen molar-refractivity contribution in [1.82, 2.24) is 5.32 Å². The monoisotopic (exact) mass is 197 g/mol. The number of ether oxygens (including phenoxy) is 1. The minimum absolute atomic E-state index is 0.374. The SMILES string of the molecule is CNCC1(C2(C(C)(C)C)COC2)CC1. The molecule has 0 amide bonds. The zero-order valence-corrected chi connectivity index (χ0v) is 9.94. The number of hydrogen-bond donors (Lipinski definition) is 1. The van der Waals surface area contributed by atoms with Crippen LogP contribution < -0.4 is 5.32 Å². The Morgan fingerprint density at radius 1 is 1.21 bits per heavy atom. The zero-order chi connectivity index (χ0) is 10.4. The third kappa shape index (κ3) is 1.17. The standard InChI is InChI=1S/C12H23NO/c1-10(2,3)12(8-14-9-12)11(5-6-11)7-13-4/h13H,5-9H2,1-4H3. The number of nitrogens with one attached hydrogen (secondary N) is 1. The average molecular weight is 197 g/mol. The van der Waals surface area contributed by atoms with E-state index >= 15 is 0 Å². The zero-order valence-electron chi connectivity index (χ0n) is 9.94. The van der Waals surface area contributed by atoms with Crippen LogP contribution in [-0.2, 0) is 4.74 Å². The first-order chi connectivity index (χ1) is 6.47. The first-order valence-corrected chi connectivity index (χ1v) is 5.70. The Hall–Kier alpha value is -0.0800. The fourth-order valence-electron chi connectivity index (χ4n) is 3.15. The predicted octanol–water partition coefficient (Wildman–Crippen LogP) is 2.05. The van der Waals surface area contributed by atoms with Gasteiger partial charge in [-0.15, -0.1) is 0 Å². The van der Waals surface area contributed by atoms with E-state index in [2.05, 4.69) is 33.1 Å². The highest BCUT2D eigenvalue weighted by atomic mass is 16.5. The highest BCUT2D eigenvalue weighted by molar-refractivity contribution is 5.15. The van der Waals surface area contributed by atoms with Crippen molar-refractivity contribution in [2.45, 2.75) is 33.6 Å². The molecule has 2 nitrogen and oxygen atoms in total. The van der Waals surface area contributed by atoms with E-state index < -0.39 is 0 Å². The van der Waals surface area contributed by atoms with Crippen LogP contribution >= 0.6 is 0 Å². The van der Waals surface area contributed by atoms with Gasteiger partial charge in [0, 0.05) is 12.0 Å². The van der Waals surface area contributed by atoms with Gasteiger partial charge in [0.1, 0.15) is 0 Å². The van der Waals surface area contributed by atoms with E-state index in [9.17, 15) is 0 Å². The minimum Gasteiger partial charge on any atom is -0.380 e. The number of rotatable bonds is 3. The van der Waals surface area contributed by atoms with Crippen LogP contribution in [0.4, 0.5) is 0 Å². The molecule has 2 rings (SSSR count). The lowest BCUT2D eigenvalue weighted by Crippen LogP contribution is -2.59. The molecule has 1 N–H and O–H groups in total. The van der Waals surface area contributed by atoms with Gasteiger partial charge in [-0.2, -0.15) is 0 Å². The van der Waals surface area contributed by atoms with Crippen LogP contribution in [0.25, 0.3) is 0 Å². The molecule has 0 aromatic rings. The molecule has 0 unspecified atom stereocenters. The van der Waals surface area contributed by atoms with Crippen molar-refractivity contribution in [3.05, 3.63) is 0 Å². The summed E-state index contributed by atoms with van der Waals surface area (Å²) in [5, 5.41) is 3.36. The Balaban J connectivity index is 2.20. The summed E-state index contributed by atoms with van der Waals surface area (Å²) in [7, 11) is 2.07. The quantitative estimate of drug-likeness (QED) is 0.747. The van der Waals surface area contributed by atoms with Gasteiger partial charge in [-0.1, -0.05) is 20.8 Å². The fraction of sp³-hybridized carbons (Fsp3) is 1.00. The van der Waals surface area contributed by atoms with E-state index in [4.69, 9.17) is 4.74 Å². The van der Waals surface area contributed by atoms with Crippen LogP contribution in [0, 0.1) is 16.2 Å². The molecule has 82 valence electrons. The van der Waals surface area contributed by atoms with Crippen LogP contribution in [0.5, 0.6) is 0 Å². The maximum atomic E-state index is 5.51. The van der Waals surface area contributed by atoms with Crippen LogP contribution in [-0.4, -0.2) is 26.8 Å². The molecule has 0 aromatic heterocycles. The lowest BCUT2D eigenvalue weighted by Gasteiger charge is -2.56. The second-order valence-electron chi connectivity index (χ2n) is 6.14. The average Bonchev–Trinajstić information content (AvgIpc) is 2.63. The summed E-state index contributed by atoms with van der Waals surface area (Å²) in [4.78, 5) is 0. The molecule has 2 fully saturated rings. The maximum absolute atomic E-state index is 5.51. The van der Waals surface area contributed by atoms with Gasteiger partial charge in [0.05, 0.1) is 13.2 Å². The summed E-state index contributed by atoms with van der Waals surface area (Å²) >= 11 is 0. The third-order valence-electron chi connectivity index (χ3n) is 4.52. The summed E-state index contributed by atoms with van der Waals surface area (Å²) in [5.41, 5.74) is 1.35. The Morgan fingerprint density at radius 3 is 2.00 bits per heavy atom. The molecule has 1 aliphatic heterocycles. The summed E-state index contributed by atoms with van der Waals surface area (Å²) in [5.74, 6) is 0. The maximum Gasteiger partial charge on any atom is 0.0555 e. The van der Waals surface area contributed by atoms with E-state index in [1.54, 1.807) is 0 Å². The molecule has 0 radical (unpaired) electrons. The molecule has 1 saturated heterocycles.